The zero-order valence-corrected chi connectivity index (χ0v) is 11.9. The Morgan fingerprint density at radius 1 is 1.32 bits per heavy atom. The van der Waals surface area contributed by atoms with Gasteiger partial charge in [0.05, 0.1) is 5.92 Å². The van der Waals surface area contributed by atoms with Crippen LogP contribution in [0.2, 0.25) is 0 Å². The van der Waals surface area contributed by atoms with Gasteiger partial charge in [-0.2, -0.15) is 8.42 Å². The minimum absolute atomic E-state index is 0.0717. The Bertz CT molecular complexity index is 697. The Balaban J connectivity index is 1.30. The van der Waals surface area contributed by atoms with Crippen LogP contribution in [0.3, 0.4) is 0 Å². The SMILES string of the molecule is O=C(CS(=O)(=O)O)OCC(=O)O[C@H]1C2CC3C(=O)OC14C3C24. The number of hydrogen-bond acceptors (Lipinski definition) is 8. The molecule has 0 aromatic heterocycles. The highest BCUT2D eigenvalue weighted by Gasteiger charge is 2.94. The van der Waals surface area contributed by atoms with Gasteiger partial charge in [-0.25, -0.2) is 4.79 Å². The smallest absolute Gasteiger partial charge is 0.344 e. The van der Waals surface area contributed by atoms with Gasteiger partial charge in [-0.3, -0.25) is 14.1 Å². The van der Waals surface area contributed by atoms with Gasteiger partial charge in [0.2, 0.25) is 0 Å². The van der Waals surface area contributed by atoms with E-state index in [1.165, 1.54) is 0 Å². The fourth-order valence-electron chi connectivity index (χ4n) is 4.47. The standard InChI is InChI=1S/C12H12O9S/c13-6(2-19-7(14)3-22(16,17)18)20-10-4-1-5-9-8(4)12(9,10)21-11(5)15/h4-5,8-10H,1-3H2,(H,16,17,18)/t4?,5?,8?,9?,10-,12?/m0/s1. The van der Waals surface area contributed by atoms with Crippen LogP contribution in [0.5, 0.6) is 0 Å². The van der Waals surface area contributed by atoms with Gasteiger partial charge in [0.1, 0.15) is 6.10 Å². The fourth-order valence-corrected chi connectivity index (χ4v) is 4.85. The van der Waals surface area contributed by atoms with Crippen LogP contribution in [0.15, 0.2) is 0 Å². The molecule has 4 fully saturated rings. The molecule has 0 aromatic carbocycles. The van der Waals surface area contributed by atoms with Crippen molar-refractivity contribution < 1.29 is 41.6 Å². The van der Waals surface area contributed by atoms with Crippen LogP contribution in [0, 0.1) is 23.7 Å². The number of rotatable bonds is 5. The summed E-state index contributed by atoms with van der Waals surface area (Å²) in [4.78, 5) is 34.3. The lowest BCUT2D eigenvalue weighted by Crippen LogP contribution is -2.53. The molecule has 6 atom stereocenters. The number of ether oxygens (including phenoxy) is 3. The minimum Gasteiger partial charge on any atom is -0.455 e. The largest absolute Gasteiger partial charge is 0.455 e. The molecular weight excluding hydrogens is 320 g/mol. The fraction of sp³-hybridized carbons (Fsp3) is 0.750. The molecule has 0 radical (unpaired) electrons. The van der Waals surface area contributed by atoms with Gasteiger partial charge in [0, 0.05) is 17.8 Å². The highest BCUT2D eigenvalue weighted by molar-refractivity contribution is 7.86. The van der Waals surface area contributed by atoms with Crippen LogP contribution in [-0.2, 0) is 38.7 Å². The van der Waals surface area contributed by atoms with Crippen LogP contribution in [0.4, 0.5) is 0 Å². The van der Waals surface area contributed by atoms with Gasteiger partial charge in [-0.1, -0.05) is 0 Å². The highest BCUT2D eigenvalue weighted by Crippen LogP contribution is 2.83. The molecule has 4 aliphatic rings. The van der Waals surface area contributed by atoms with E-state index >= 15 is 0 Å². The van der Waals surface area contributed by atoms with Crippen LogP contribution in [0.25, 0.3) is 0 Å². The Labute approximate surface area is 124 Å². The summed E-state index contributed by atoms with van der Waals surface area (Å²) < 4.78 is 44.4. The van der Waals surface area contributed by atoms with Crippen molar-refractivity contribution in [3.05, 3.63) is 0 Å². The van der Waals surface area contributed by atoms with Crippen molar-refractivity contribution in [1.82, 2.24) is 0 Å². The number of carbonyl (C=O) groups is 3. The summed E-state index contributed by atoms with van der Waals surface area (Å²) in [6.07, 6.45) is 0.147. The number of esters is 3. The Morgan fingerprint density at radius 3 is 2.73 bits per heavy atom. The monoisotopic (exact) mass is 332 g/mol. The summed E-state index contributed by atoms with van der Waals surface area (Å²) in [6, 6.07) is 0. The molecule has 5 unspecified atom stereocenters. The summed E-state index contributed by atoms with van der Waals surface area (Å²) in [5, 5.41) is 0. The van der Waals surface area contributed by atoms with Gasteiger partial charge in [0.15, 0.2) is 18.0 Å². The van der Waals surface area contributed by atoms with Crippen LogP contribution < -0.4 is 0 Å². The normalized spacial score (nSPS) is 43.0. The molecule has 1 N–H and O–H groups in total. The zero-order valence-electron chi connectivity index (χ0n) is 11.1. The second kappa shape index (κ2) is 3.99. The third-order valence-electron chi connectivity index (χ3n) is 5.06. The summed E-state index contributed by atoms with van der Waals surface area (Å²) in [7, 11) is -4.50. The molecule has 10 heteroatoms. The average molecular weight is 332 g/mol. The molecule has 0 amide bonds. The maximum Gasteiger partial charge on any atom is 0.344 e. The van der Waals surface area contributed by atoms with Crippen molar-refractivity contribution in [2.45, 2.75) is 18.1 Å². The first kappa shape index (κ1) is 13.9. The number of carbonyl (C=O) groups excluding carboxylic acids is 3. The van der Waals surface area contributed by atoms with E-state index in [0.717, 1.165) is 0 Å². The molecule has 1 heterocycles. The van der Waals surface area contributed by atoms with E-state index < -0.39 is 46.1 Å². The summed E-state index contributed by atoms with van der Waals surface area (Å²) in [6.45, 7) is -0.750. The minimum atomic E-state index is -4.50. The predicted octanol–water partition coefficient (Wildman–Crippen LogP) is -1.48. The van der Waals surface area contributed by atoms with E-state index in [0.29, 0.717) is 6.42 Å². The molecule has 0 bridgehead atoms. The van der Waals surface area contributed by atoms with Crippen molar-refractivity contribution >= 4 is 28.0 Å². The first-order valence-electron chi connectivity index (χ1n) is 6.77. The van der Waals surface area contributed by atoms with Crippen molar-refractivity contribution in [3.63, 3.8) is 0 Å². The molecule has 1 spiro atoms. The molecule has 4 rings (SSSR count). The van der Waals surface area contributed by atoms with Crippen LogP contribution in [0.1, 0.15) is 6.42 Å². The average Bonchev–Trinajstić information content (AvgIpc) is 2.71. The van der Waals surface area contributed by atoms with E-state index in [4.69, 9.17) is 14.0 Å². The Hall–Kier alpha value is -1.68. The summed E-state index contributed by atoms with van der Waals surface area (Å²) in [5.74, 6) is -3.07. The van der Waals surface area contributed by atoms with E-state index in [1.54, 1.807) is 0 Å². The highest BCUT2D eigenvalue weighted by atomic mass is 32.2. The van der Waals surface area contributed by atoms with E-state index in [2.05, 4.69) is 4.74 Å². The molecule has 0 aromatic rings. The lowest BCUT2D eigenvalue weighted by atomic mass is 9.74. The first-order valence-corrected chi connectivity index (χ1v) is 8.38. The molecular formula is C12H12O9S. The predicted molar refractivity (Wildman–Crippen MR) is 64.7 cm³/mol. The molecule has 1 saturated heterocycles. The van der Waals surface area contributed by atoms with Crippen LogP contribution >= 0.6 is 0 Å². The van der Waals surface area contributed by atoms with Gasteiger partial charge < -0.3 is 14.2 Å². The van der Waals surface area contributed by atoms with Crippen molar-refractivity contribution in [2.24, 2.45) is 23.7 Å². The van der Waals surface area contributed by atoms with Crippen molar-refractivity contribution in [2.75, 3.05) is 12.4 Å². The summed E-state index contributed by atoms with van der Waals surface area (Å²) in [5.41, 5.74) is -0.654. The van der Waals surface area contributed by atoms with Crippen molar-refractivity contribution in [3.8, 4) is 0 Å². The molecule has 3 aliphatic carbocycles. The molecule has 120 valence electrons. The number of hydrogen-bond donors (Lipinski definition) is 1. The lowest BCUT2D eigenvalue weighted by Gasteiger charge is -2.40. The third-order valence-corrected chi connectivity index (χ3v) is 5.66. The van der Waals surface area contributed by atoms with Gasteiger partial charge in [-0.15, -0.1) is 0 Å². The topological polar surface area (TPSA) is 133 Å². The quantitative estimate of drug-likeness (QED) is 0.363. The maximum absolute atomic E-state index is 11.7. The van der Waals surface area contributed by atoms with E-state index in [9.17, 15) is 22.8 Å². The molecule has 22 heavy (non-hydrogen) atoms. The summed E-state index contributed by atoms with van der Waals surface area (Å²) >= 11 is 0. The van der Waals surface area contributed by atoms with E-state index in [1.807, 2.05) is 0 Å². The first-order chi connectivity index (χ1) is 10.2. The zero-order chi connectivity index (χ0) is 15.9. The molecule has 9 nitrogen and oxygen atoms in total. The van der Waals surface area contributed by atoms with Gasteiger partial charge >= 0.3 is 17.9 Å². The Kier molecular flexibility index (Phi) is 2.53. The third kappa shape index (κ3) is 1.67. The second-order valence-corrected chi connectivity index (χ2v) is 7.58. The van der Waals surface area contributed by atoms with Crippen LogP contribution in [-0.4, -0.2) is 54.9 Å². The second-order valence-electron chi connectivity index (χ2n) is 6.13. The van der Waals surface area contributed by atoms with Gasteiger partial charge in [-0.05, 0) is 6.42 Å². The Morgan fingerprint density at radius 2 is 2.05 bits per heavy atom. The molecule has 3 saturated carbocycles. The lowest BCUT2D eigenvalue weighted by molar-refractivity contribution is -0.192. The van der Waals surface area contributed by atoms with E-state index in [-0.39, 0.29) is 29.6 Å². The van der Waals surface area contributed by atoms with Gasteiger partial charge in [0.25, 0.3) is 10.1 Å². The molecule has 1 aliphatic heterocycles. The van der Waals surface area contributed by atoms with Crippen molar-refractivity contribution in [1.29, 1.82) is 0 Å². The maximum atomic E-state index is 11.7.